The number of benzene rings is 1. The SMILES string of the molecule is CC1CNC(c2cccc(Br)c2)SC1. The van der Waals surface area contributed by atoms with Gasteiger partial charge in [-0.15, -0.1) is 11.8 Å². The van der Waals surface area contributed by atoms with Crippen LogP contribution in [0.5, 0.6) is 0 Å². The Morgan fingerprint density at radius 1 is 1.50 bits per heavy atom. The topological polar surface area (TPSA) is 12.0 Å². The maximum atomic E-state index is 3.55. The normalized spacial score (nSPS) is 27.6. The summed E-state index contributed by atoms with van der Waals surface area (Å²) in [7, 11) is 0. The van der Waals surface area contributed by atoms with Crippen molar-refractivity contribution in [3.8, 4) is 0 Å². The molecule has 1 aliphatic heterocycles. The monoisotopic (exact) mass is 271 g/mol. The fourth-order valence-corrected chi connectivity index (χ4v) is 3.18. The molecule has 0 radical (unpaired) electrons. The maximum Gasteiger partial charge on any atom is 0.0789 e. The number of halogens is 1. The molecule has 3 heteroatoms. The van der Waals surface area contributed by atoms with Crippen molar-refractivity contribution in [1.82, 2.24) is 5.32 Å². The van der Waals surface area contributed by atoms with Crippen molar-refractivity contribution >= 4 is 27.7 Å². The van der Waals surface area contributed by atoms with E-state index in [4.69, 9.17) is 0 Å². The first-order valence-corrected chi connectivity index (χ1v) is 6.70. The molecule has 76 valence electrons. The Hall–Kier alpha value is 0.01000. The molecular formula is C11H14BrNS. The molecule has 0 aliphatic carbocycles. The molecule has 0 bridgehead atoms. The predicted molar refractivity (Wildman–Crippen MR) is 66.5 cm³/mol. The summed E-state index contributed by atoms with van der Waals surface area (Å²) in [5.74, 6) is 2.05. The zero-order chi connectivity index (χ0) is 9.97. The van der Waals surface area contributed by atoms with Crippen LogP contribution in [0.2, 0.25) is 0 Å². The Bertz CT molecular complexity index is 308. The molecule has 2 atom stereocenters. The third-order valence-corrected chi connectivity index (χ3v) is 4.38. The van der Waals surface area contributed by atoms with Gasteiger partial charge in [0.15, 0.2) is 0 Å². The summed E-state index contributed by atoms with van der Waals surface area (Å²) >= 11 is 5.50. The Kier molecular flexibility index (Phi) is 3.52. The van der Waals surface area contributed by atoms with E-state index in [-0.39, 0.29) is 0 Å². The van der Waals surface area contributed by atoms with Gasteiger partial charge >= 0.3 is 0 Å². The molecule has 0 aromatic heterocycles. The summed E-state index contributed by atoms with van der Waals surface area (Å²) < 4.78 is 1.16. The van der Waals surface area contributed by atoms with Crippen LogP contribution in [0.25, 0.3) is 0 Å². The molecule has 2 rings (SSSR count). The second kappa shape index (κ2) is 4.69. The highest BCUT2D eigenvalue weighted by Crippen LogP contribution is 2.32. The van der Waals surface area contributed by atoms with E-state index in [0.29, 0.717) is 5.37 Å². The van der Waals surface area contributed by atoms with Crippen molar-refractivity contribution < 1.29 is 0 Å². The van der Waals surface area contributed by atoms with Crippen molar-refractivity contribution in [2.45, 2.75) is 12.3 Å². The highest BCUT2D eigenvalue weighted by molar-refractivity contribution is 9.10. The van der Waals surface area contributed by atoms with E-state index in [9.17, 15) is 0 Å². The molecule has 0 saturated carbocycles. The molecule has 0 spiro atoms. The number of thioether (sulfide) groups is 1. The van der Waals surface area contributed by atoms with Gasteiger partial charge in [-0.2, -0.15) is 0 Å². The molecule has 1 aliphatic rings. The van der Waals surface area contributed by atoms with Crippen LogP contribution in [0.15, 0.2) is 28.7 Å². The minimum absolute atomic E-state index is 0.476. The second-order valence-corrected chi connectivity index (χ2v) is 5.84. The molecule has 1 saturated heterocycles. The van der Waals surface area contributed by atoms with Crippen molar-refractivity contribution in [1.29, 1.82) is 0 Å². The average molecular weight is 272 g/mol. The summed E-state index contributed by atoms with van der Waals surface area (Å²) in [6.45, 7) is 3.42. The third-order valence-electron chi connectivity index (χ3n) is 2.35. The van der Waals surface area contributed by atoms with Crippen LogP contribution in [0.4, 0.5) is 0 Å². The van der Waals surface area contributed by atoms with Gasteiger partial charge in [0.2, 0.25) is 0 Å². The van der Waals surface area contributed by atoms with E-state index >= 15 is 0 Å². The molecule has 14 heavy (non-hydrogen) atoms. The van der Waals surface area contributed by atoms with Crippen LogP contribution in [0.3, 0.4) is 0 Å². The minimum atomic E-state index is 0.476. The summed E-state index contributed by atoms with van der Waals surface area (Å²) in [6, 6.07) is 8.55. The molecule has 1 aromatic carbocycles. The van der Waals surface area contributed by atoms with Crippen molar-refractivity contribution in [3.63, 3.8) is 0 Å². The van der Waals surface area contributed by atoms with Gasteiger partial charge in [0.05, 0.1) is 5.37 Å². The first kappa shape index (κ1) is 10.5. The Morgan fingerprint density at radius 3 is 3.00 bits per heavy atom. The predicted octanol–water partition coefficient (Wildman–Crippen LogP) is 3.42. The summed E-state index contributed by atoms with van der Waals surface area (Å²) in [6.07, 6.45) is 0. The molecule has 1 aromatic rings. The highest BCUT2D eigenvalue weighted by atomic mass is 79.9. The van der Waals surface area contributed by atoms with Crippen LogP contribution in [0.1, 0.15) is 17.9 Å². The lowest BCUT2D eigenvalue weighted by Crippen LogP contribution is -2.31. The van der Waals surface area contributed by atoms with E-state index in [1.807, 2.05) is 11.8 Å². The third kappa shape index (κ3) is 2.53. The standard InChI is InChI=1S/C11H14BrNS/c1-8-6-13-11(14-7-8)9-3-2-4-10(12)5-9/h2-5,8,11,13H,6-7H2,1H3. The lowest BCUT2D eigenvalue weighted by atomic mass is 10.2. The fraction of sp³-hybridized carbons (Fsp3) is 0.455. The van der Waals surface area contributed by atoms with Gasteiger partial charge in [-0.25, -0.2) is 0 Å². The average Bonchev–Trinajstić information content (AvgIpc) is 2.19. The van der Waals surface area contributed by atoms with Crippen LogP contribution in [-0.2, 0) is 0 Å². The Morgan fingerprint density at radius 2 is 2.36 bits per heavy atom. The summed E-state index contributed by atoms with van der Waals surface area (Å²) in [5, 5.41) is 4.03. The van der Waals surface area contributed by atoms with E-state index in [1.54, 1.807) is 0 Å². The van der Waals surface area contributed by atoms with Crippen LogP contribution < -0.4 is 5.32 Å². The number of rotatable bonds is 1. The van der Waals surface area contributed by atoms with E-state index in [1.165, 1.54) is 11.3 Å². The van der Waals surface area contributed by atoms with Gasteiger partial charge in [0, 0.05) is 4.47 Å². The quantitative estimate of drug-likeness (QED) is 0.840. The van der Waals surface area contributed by atoms with Crippen molar-refractivity contribution in [2.24, 2.45) is 5.92 Å². The van der Waals surface area contributed by atoms with Crippen molar-refractivity contribution in [2.75, 3.05) is 12.3 Å². The number of nitrogens with one attached hydrogen (secondary N) is 1. The summed E-state index contributed by atoms with van der Waals surface area (Å²) in [4.78, 5) is 0. The van der Waals surface area contributed by atoms with Crippen LogP contribution in [-0.4, -0.2) is 12.3 Å². The summed E-state index contributed by atoms with van der Waals surface area (Å²) in [5.41, 5.74) is 1.37. The van der Waals surface area contributed by atoms with Gasteiger partial charge in [0.25, 0.3) is 0 Å². The number of hydrogen-bond donors (Lipinski definition) is 1. The first-order valence-electron chi connectivity index (χ1n) is 4.86. The second-order valence-electron chi connectivity index (χ2n) is 3.78. The first-order chi connectivity index (χ1) is 6.75. The fourth-order valence-electron chi connectivity index (χ4n) is 1.57. The smallest absolute Gasteiger partial charge is 0.0789 e. The van der Waals surface area contributed by atoms with E-state index in [0.717, 1.165) is 16.9 Å². The van der Waals surface area contributed by atoms with Crippen LogP contribution in [0, 0.1) is 5.92 Å². The Balaban J connectivity index is 2.08. The van der Waals surface area contributed by atoms with Crippen LogP contribution >= 0.6 is 27.7 Å². The lowest BCUT2D eigenvalue weighted by Gasteiger charge is -2.27. The van der Waals surface area contributed by atoms with Gasteiger partial charge in [-0.05, 0) is 35.9 Å². The molecule has 1 N–H and O–H groups in total. The van der Waals surface area contributed by atoms with Gasteiger partial charge in [-0.3, -0.25) is 0 Å². The molecule has 1 heterocycles. The molecular weight excluding hydrogens is 258 g/mol. The van der Waals surface area contributed by atoms with Gasteiger partial charge in [-0.1, -0.05) is 35.0 Å². The zero-order valence-electron chi connectivity index (χ0n) is 8.16. The van der Waals surface area contributed by atoms with E-state index < -0.39 is 0 Å². The molecule has 2 unspecified atom stereocenters. The van der Waals surface area contributed by atoms with Crippen molar-refractivity contribution in [3.05, 3.63) is 34.3 Å². The largest absolute Gasteiger partial charge is 0.301 e. The Labute approximate surface area is 97.8 Å². The lowest BCUT2D eigenvalue weighted by molar-refractivity contribution is 0.529. The van der Waals surface area contributed by atoms with E-state index in [2.05, 4.69) is 52.4 Å². The molecule has 1 fully saturated rings. The van der Waals surface area contributed by atoms with Gasteiger partial charge < -0.3 is 5.32 Å². The maximum absolute atomic E-state index is 3.55. The van der Waals surface area contributed by atoms with Gasteiger partial charge in [0.1, 0.15) is 0 Å². The molecule has 0 amide bonds. The zero-order valence-corrected chi connectivity index (χ0v) is 10.6. The highest BCUT2D eigenvalue weighted by Gasteiger charge is 2.19. The minimum Gasteiger partial charge on any atom is -0.301 e. The molecule has 1 nitrogen and oxygen atoms in total. The number of hydrogen-bond acceptors (Lipinski definition) is 2.